The molecule has 1 nitrogen and oxygen atoms in total. The third-order valence-corrected chi connectivity index (χ3v) is 2.96. The lowest BCUT2D eigenvalue weighted by molar-refractivity contribution is -0.118. The first-order chi connectivity index (χ1) is 6.53. The van der Waals surface area contributed by atoms with Crippen LogP contribution in [0.15, 0.2) is 24.3 Å². The average molecular weight is 186 g/mol. The lowest BCUT2D eigenvalue weighted by Crippen LogP contribution is -2.31. The van der Waals surface area contributed by atoms with Crippen LogP contribution in [0, 0.1) is 6.92 Å². The molecule has 0 spiro atoms. The summed E-state index contributed by atoms with van der Waals surface area (Å²) in [4.78, 5) is 11.7. The van der Waals surface area contributed by atoms with E-state index >= 15 is 0 Å². The third-order valence-electron chi connectivity index (χ3n) is 2.96. The Labute approximate surface area is 84.5 Å². The normalized spacial score (nSPS) is 18.1. The molecule has 0 fully saturated rings. The third kappa shape index (κ3) is 1.12. The van der Waals surface area contributed by atoms with Gasteiger partial charge in [0.25, 0.3) is 0 Å². The average Bonchev–Trinajstić information content (AvgIpc) is 2.11. The molecular weight excluding hydrogens is 172 g/mol. The maximum absolute atomic E-state index is 11.7. The van der Waals surface area contributed by atoms with Gasteiger partial charge in [-0.1, -0.05) is 24.3 Å². The molecule has 0 aromatic heterocycles. The minimum atomic E-state index is -0.366. The molecule has 0 atom stereocenters. The summed E-state index contributed by atoms with van der Waals surface area (Å²) in [5.41, 5.74) is 3.18. The molecule has 1 heteroatoms. The molecule has 0 unspecified atom stereocenters. The molecule has 0 heterocycles. The molecule has 2 rings (SSSR count). The highest BCUT2D eigenvalue weighted by Crippen LogP contribution is 2.34. The van der Waals surface area contributed by atoms with E-state index in [1.54, 1.807) is 6.08 Å². The van der Waals surface area contributed by atoms with Crippen LogP contribution in [-0.2, 0) is 10.2 Å². The van der Waals surface area contributed by atoms with Crippen molar-refractivity contribution in [2.45, 2.75) is 26.2 Å². The van der Waals surface area contributed by atoms with Crippen LogP contribution in [0.1, 0.15) is 30.5 Å². The molecule has 0 N–H and O–H groups in total. The highest BCUT2D eigenvalue weighted by atomic mass is 16.1. The standard InChI is InChI=1S/C13H14O/c1-9-5-4-6-10-7-8-11(14)13(2,3)12(9)10/h4-8H,1-3H3. The topological polar surface area (TPSA) is 17.1 Å². The highest BCUT2D eigenvalue weighted by molar-refractivity contribution is 6.04. The maximum Gasteiger partial charge on any atom is 0.165 e. The van der Waals surface area contributed by atoms with Crippen LogP contribution in [0.5, 0.6) is 0 Å². The molecule has 0 saturated heterocycles. The fourth-order valence-corrected chi connectivity index (χ4v) is 2.18. The Balaban J connectivity index is 2.75. The van der Waals surface area contributed by atoms with Crippen molar-refractivity contribution < 1.29 is 4.79 Å². The fraction of sp³-hybridized carbons (Fsp3) is 0.308. The number of fused-ring (bicyclic) bond motifs is 1. The number of hydrogen-bond acceptors (Lipinski definition) is 1. The van der Waals surface area contributed by atoms with E-state index in [1.165, 1.54) is 16.7 Å². The van der Waals surface area contributed by atoms with Crippen molar-refractivity contribution in [1.82, 2.24) is 0 Å². The summed E-state index contributed by atoms with van der Waals surface area (Å²) in [5.74, 6) is 0.194. The van der Waals surface area contributed by atoms with Crippen molar-refractivity contribution in [3.05, 3.63) is 41.0 Å². The van der Waals surface area contributed by atoms with Gasteiger partial charge >= 0.3 is 0 Å². The zero-order valence-corrected chi connectivity index (χ0v) is 8.79. The summed E-state index contributed by atoms with van der Waals surface area (Å²) >= 11 is 0. The molecule has 1 aromatic rings. The number of ketones is 1. The molecule has 1 aliphatic rings. The van der Waals surface area contributed by atoms with Crippen molar-refractivity contribution in [3.8, 4) is 0 Å². The van der Waals surface area contributed by atoms with Gasteiger partial charge in [0.2, 0.25) is 0 Å². The minimum Gasteiger partial charge on any atom is -0.294 e. The Morgan fingerprint density at radius 3 is 2.57 bits per heavy atom. The first-order valence-electron chi connectivity index (χ1n) is 4.86. The van der Waals surface area contributed by atoms with Gasteiger partial charge in [0.05, 0.1) is 5.41 Å². The van der Waals surface area contributed by atoms with Crippen LogP contribution in [0.25, 0.3) is 6.08 Å². The van der Waals surface area contributed by atoms with Gasteiger partial charge in [-0.3, -0.25) is 4.79 Å². The van der Waals surface area contributed by atoms with E-state index < -0.39 is 0 Å². The van der Waals surface area contributed by atoms with Gasteiger partial charge < -0.3 is 0 Å². The van der Waals surface area contributed by atoms with Gasteiger partial charge in [-0.15, -0.1) is 0 Å². The molecular formula is C13H14O. The van der Waals surface area contributed by atoms with E-state index in [2.05, 4.69) is 19.1 Å². The van der Waals surface area contributed by atoms with Crippen LogP contribution >= 0.6 is 0 Å². The number of hydrogen-bond donors (Lipinski definition) is 0. The fourth-order valence-electron chi connectivity index (χ4n) is 2.18. The Kier molecular flexibility index (Phi) is 1.84. The van der Waals surface area contributed by atoms with Gasteiger partial charge in [-0.25, -0.2) is 0 Å². The van der Waals surface area contributed by atoms with Crippen LogP contribution in [0.4, 0.5) is 0 Å². The summed E-state index contributed by atoms with van der Waals surface area (Å²) in [6.45, 7) is 6.04. The predicted octanol–water partition coefficient (Wildman–Crippen LogP) is 2.87. The minimum absolute atomic E-state index is 0.194. The van der Waals surface area contributed by atoms with Gasteiger partial charge in [0.1, 0.15) is 0 Å². The zero-order valence-electron chi connectivity index (χ0n) is 8.79. The van der Waals surface area contributed by atoms with Crippen molar-refractivity contribution in [2.24, 2.45) is 0 Å². The Morgan fingerprint density at radius 2 is 1.86 bits per heavy atom. The second-order valence-electron chi connectivity index (χ2n) is 4.36. The molecule has 0 aliphatic heterocycles. The predicted molar refractivity (Wildman–Crippen MR) is 58.2 cm³/mol. The van der Waals surface area contributed by atoms with Crippen molar-refractivity contribution in [1.29, 1.82) is 0 Å². The summed E-state index contributed by atoms with van der Waals surface area (Å²) in [7, 11) is 0. The van der Waals surface area contributed by atoms with E-state index in [1.807, 2.05) is 26.0 Å². The van der Waals surface area contributed by atoms with E-state index in [-0.39, 0.29) is 11.2 Å². The van der Waals surface area contributed by atoms with Crippen LogP contribution in [0.3, 0.4) is 0 Å². The van der Waals surface area contributed by atoms with E-state index in [0.717, 1.165) is 0 Å². The molecule has 1 aromatic carbocycles. The number of benzene rings is 1. The van der Waals surface area contributed by atoms with Crippen molar-refractivity contribution >= 4 is 11.9 Å². The number of carbonyl (C=O) groups is 1. The summed E-state index contributed by atoms with van der Waals surface area (Å²) < 4.78 is 0. The lowest BCUT2D eigenvalue weighted by Gasteiger charge is -2.29. The summed E-state index contributed by atoms with van der Waals surface area (Å²) in [6.07, 6.45) is 3.59. The van der Waals surface area contributed by atoms with Gasteiger partial charge in [-0.05, 0) is 43.5 Å². The van der Waals surface area contributed by atoms with Gasteiger partial charge in [-0.2, -0.15) is 0 Å². The van der Waals surface area contributed by atoms with E-state index in [0.29, 0.717) is 0 Å². The SMILES string of the molecule is Cc1cccc2c1C(C)(C)C(=O)C=C2. The summed E-state index contributed by atoms with van der Waals surface area (Å²) in [6, 6.07) is 6.16. The number of rotatable bonds is 0. The largest absolute Gasteiger partial charge is 0.294 e. The molecule has 0 amide bonds. The molecule has 0 bridgehead atoms. The number of aryl methyl sites for hydroxylation is 1. The number of allylic oxidation sites excluding steroid dienone is 1. The van der Waals surface area contributed by atoms with Crippen LogP contribution < -0.4 is 0 Å². The number of carbonyl (C=O) groups excluding carboxylic acids is 1. The molecule has 1 aliphatic carbocycles. The zero-order chi connectivity index (χ0) is 10.3. The van der Waals surface area contributed by atoms with Crippen molar-refractivity contribution in [3.63, 3.8) is 0 Å². The molecule has 14 heavy (non-hydrogen) atoms. The highest BCUT2D eigenvalue weighted by Gasteiger charge is 2.33. The van der Waals surface area contributed by atoms with Gasteiger partial charge in [0.15, 0.2) is 5.78 Å². The molecule has 72 valence electrons. The molecule has 0 radical (unpaired) electrons. The second kappa shape index (κ2) is 2.81. The second-order valence-corrected chi connectivity index (χ2v) is 4.36. The first-order valence-corrected chi connectivity index (χ1v) is 4.86. The lowest BCUT2D eigenvalue weighted by atomic mass is 9.73. The Hall–Kier alpha value is -1.37. The quantitative estimate of drug-likeness (QED) is 0.609. The van der Waals surface area contributed by atoms with E-state index in [4.69, 9.17) is 0 Å². The monoisotopic (exact) mass is 186 g/mol. The first kappa shape index (κ1) is 9.20. The summed E-state index contributed by atoms with van der Waals surface area (Å²) in [5, 5.41) is 0. The van der Waals surface area contributed by atoms with Crippen LogP contribution in [-0.4, -0.2) is 5.78 Å². The van der Waals surface area contributed by atoms with Crippen LogP contribution in [0.2, 0.25) is 0 Å². The molecule has 0 saturated carbocycles. The Morgan fingerprint density at radius 1 is 1.14 bits per heavy atom. The van der Waals surface area contributed by atoms with Gasteiger partial charge in [0, 0.05) is 0 Å². The smallest absolute Gasteiger partial charge is 0.165 e. The van der Waals surface area contributed by atoms with Crippen molar-refractivity contribution in [2.75, 3.05) is 0 Å². The van der Waals surface area contributed by atoms with E-state index in [9.17, 15) is 4.79 Å². The maximum atomic E-state index is 11.7. The Bertz CT molecular complexity index is 425.